The Kier molecular flexibility index (Phi) is 7.58. The molecule has 0 saturated carbocycles. The van der Waals surface area contributed by atoms with Crippen molar-refractivity contribution in [3.05, 3.63) is 34.9 Å². The average molecular weight is 397 g/mol. The SMILES string of the molecule is CNC(=O)NC(=O)[C@@H](C)N1CCN([C@H](C(=O)OC)c2ccccc2Cl)CC1. The second-order valence-corrected chi connectivity index (χ2v) is 6.67. The van der Waals surface area contributed by atoms with E-state index in [0.29, 0.717) is 36.8 Å². The normalized spacial score (nSPS) is 17.6. The molecule has 1 aliphatic rings. The number of benzene rings is 1. The molecule has 2 N–H and O–H groups in total. The van der Waals surface area contributed by atoms with E-state index < -0.39 is 18.1 Å². The Morgan fingerprint density at radius 1 is 1.11 bits per heavy atom. The first-order chi connectivity index (χ1) is 12.9. The standard InChI is InChI=1S/C18H25ClN4O4/c1-12(16(24)21-18(26)20-2)22-8-10-23(11-9-22)15(17(25)27-3)13-6-4-5-7-14(13)19/h4-7,12,15H,8-11H2,1-3H3,(H2,20,21,24,26)/t12-,15+/m1/s1. The summed E-state index contributed by atoms with van der Waals surface area (Å²) in [5, 5.41) is 5.15. The summed E-state index contributed by atoms with van der Waals surface area (Å²) in [6, 6.07) is 5.62. The molecular formula is C18H25ClN4O4. The summed E-state index contributed by atoms with van der Waals surface area (Å²) in [6.45, 7) is 4.01. The molecule has 148 valence electrons. The Labute approximate surface area is 163 Å². The molecule has 8 nitrogen and oxygen atoms in total. The Hall–Kier alpha value is -2.16. The van der Waals surface area contributed by atoms with Crippen LogP contribution in [0.3, 0.4) is 0 Å². The van der Waals surface area contributed by atoms with E-state index in [4.69, 9.17) is 16.3 Å². The summed E-state index contributed by atoms with van der Waals surface area (Å²) >= 11 is 6.29. The number of carbonyl (C=O) groups excluding carboxylic acids is 3. The number of carbonyl (C=O) groups is 3. The number of nitrogens with one attached hydrogen (secondary N) is 2. The lowest BCUT2D eigenvalue weighted by atomic mass is 10.0. The van der Waals surface area contributed by atoms with Crippen molar-refractivity contribution in [3.8, 4) is 0 Å². The van der Waals surface area contributed by atoms with E-state index >= 15 is 0 Å². The molecular weight excluding hydrogens is 372 g/mol. The Morgan fingerprint density at radius 2 is 1.70 bits per heavy atom. The van der Waals surface area contributed by atoms with Crippen LogP contribution in [0.25, 0.3) is 0 Å². The van der Waals surface area contributed by atoms with Gasteiger partial charge in [0.1, 0.15) is 6.04 Å². The van der Waals surface area contributed by atoms with Crippen molar-refractivity contribution in [1.29, 1.82) is 0 Å². The van der Waals surface area contributed by atoms with E-state index in [1.54, 1.807) is 13.0 Å². The van der Waals surface area contributed by atoms with E-state index in [0.717, 1.165) is 0 Å². The summed E-state index contributed by atoms with van der Waals surface area (Å²) < 4.78 is 4.98. The van der Waals surface area contributed by atoms with Gasteiger partial charge in [0.2, 0.25) is 5.91 Å². The number of halogens is 1. The number of ether oxygens (including phenoxy) is 1. The van der Waals surface area contributed by atoms with Gasteiger partial charge in [0, 0.05) is 38.2 Å². The number of hydrogen-bond acceptors (Lipinski definition) is 6. The molecule has 0 aromatic heterocycles. The lowest BCUT2D eigenvalue weighted by molar-refractivity contribution is -0.148. The maximum atomic E-state index is 12.4. The molecule has 1 aromatic rings. The lowest BCUT2D eigenvalue weighted by Crippen LogP contribution is -2.56. The fourth-order valence-electron chi connectivity index (χ4n) is 3.11. The summed E-state index contributed by atoms with van der Waals surface area (Å²) in [4.78, 5) is 39.8. The number of esters is 1. The minimum absolute atomic E-state index is 0.363. The third-order valence-corrected chi connectivity index (χ3v) is 5.07. The van der Waals surface area contributed by atoms with E-state index in [1.807, 2.05) is 28.0 Å². The molecule has 1 saturated heterocycles. The number of urea groups is 1. The van der Waals surface area contributed by atoms with Gasteiger partial charge in [-0.05, 0) is 18.6 Å². The number of rotatable bonds is 5. The van der Waals surface area contributed by atoms with Gasteiger partial charge in [-0.15, -0.1) is 0 Å². The molecule has 3 amide bonds. The van der Waals surface area contributed by atoms with Gasteiger partial charge in [-0.3, -0.25) is 19.9 Å². The molecule has 1 fully saturated rings. The molecule has 9 heteroatoms. The van der Waals surface area contributed by atoms with Crippen molar-refractivity contribution in [3.63, 3.8) is 0 Å². The summed E-state index contributed by atoms with van der Waals surface area (Å²) in [6.07, 6.45) is 0. The van der Waals surface area contributed by atoms with Gasteiger partial charge in [0.15, 0.2) is 0 Å². The van der Waals surface area contributed by atoms with E-state index in [1.165, 1.54) is 14.2 Å². The summed E-state index contributed by atoms with van der Waals surface area (Å²) in [7, 11) is 2.81. The van der Waals surface area contributed by atoms with Crippen LogP contribution < -0.4 is 10.6 Å². The lowest BCUT2D eigenvalue weighted by Gasteiger charge is -2.40. The largest absolute Gasteiger partial charge is 0.468 e. The van der Waals surface area contributed by atoms with Crippen LogP contribution in [0.4, 0.5) is 4.79 Å². The fraction of sp³-hybridized carbons (Fsp3) is 0.500. The van der Waals surface area contributed by atoms with Crippen LogP contribution in [-0.2, 0) is 14.3 Å². The molecule has 2 rings (SSSR count). The maximum Gasteiger partial charge on any atom is 0.327 e. The zero-order valence-electron chi connectivity index (χ0n) is 15.7. The van der Waals surface area contributed by atoms with Gasteiger partial charge in [-0.2, -0.15) is 0 Å². The van der Waals surface area contributed by atoms with Crippen molar-refractivity contribution in [1.82, 2.24) is 20.4 Å². The highest BCUT2D eigenvalue weighted by atomic mass is 35.5. The van der Waals surface area contributed by atoms with Crippen molar-refractivity contribution in [2.24, 2.45) is 0 Å². The van der Waals surface area contributed by atoms with Gasteiger partial charge in [-0.1, -0.05) is 29.8 Å². The first-order valence-corrected chi connectivity index (χ1v) is 9.09. The second-order valence-electron chi connectivity index (χ2n) is 6.26. The molecule has 1 aliphatic heterocycles. The Balaban J connectivity index is 2.05. The molecule has 1 heterocycles. The first kappa shape index (κ1) is 21.1. The number of methoxy groups -OCH3 is 1. The molecule has 1 aromatic carbocycles. The maximum absolute atomic E-state index is 12.4. The van der Waals surface area contributed by atoms with Gasteiger partial charge in [0.05, 0.1) is 13.2 Å². The van der Waals surface area contributed by atoms with Crippen LogP contribution in [0.5, 0.6) is 0 Å². The fourth-order valence-corrected chi connectivity index (χ4v) is 3.35. The van der Waals surface area contributed by atoms with Gasteiger partial charge in [0.25, 0.3) is 0 Å². The van der Waals surface area contributed by atoms with Crippen molar-refractivity contribution >= 4 is 29.5 Å². The van der Waals surface area contributed by atoms with Crippen LogP contribution in [-0.4, -0.2) is 74.1 Å². The van der Waals surface area contributed by atoms with Gasteiger partial charge in [-0.25, -0.2) is 9.59 Å². The molecule has 0 unspecified atom stereocenters. The average Bonchev–Trinajstić information content (AvgIpc) is 2.69. The third kappa shape index (κ3) is 5.18. The minimum Gasteiger partial charge on any atom is -0.468 e. The number of imide groups is 1. The van der Waals surface area contributed by atoms with Crippen molar-refractivity contribution in [2.45, 2.75) is 19.0 Å². The van der Waals surface area contributed by atoms with Crippen LogP contribution >= 0.6 is 11.6 Å². The zero-order chi connectivity index (χ0) is 20.0. The third-order valence-electron chi connectivity index (χ3n) is 4.73. The van der Waals surface area contributed by atoms with E-state index in [9.17, 15) is 14.4 Å². The molecule has 2 atom stereocenters. The van der Waals surface area contributed by atoms with Crippen molar-refractivity contribution in [2.75, 3.05) is 40.3 Å². The minimum atomic E-state index is -0.596. The Bertz CT molecular complexity index is 692. The number of piperazine rings is 1. The monoisotopic (exact) mass is 396 g/mol. The molecule has 0 spiro atoms. The predicted molar refractivity (Wildman–Crippen MR) is 101 cm³/mol. The number of hydrogen-bond donors (Lipinski definition) is 2. The molecule has 0 radical (unpaired) electrons. The van der Waals surface area contributed by atoms with Crippen LogP contribution in [0, 0.1) is 0 Å². The molecule has 0 bridgehead atoms. The zero-order valence-corrected chi connectivity index (χ0v) is 16.5. The number of nitrogens with zero attached hydrogens (tertiary/aromatic N) is 2. The van der Waals surface area contributed by atoms with Gasteiger partial charge >= 0.3 is 12.0 Å². The second kappa shape index (κ2) is 9.68. The first-order valence-electron chi connectivity index (χ1n) is 8.72. The molecule has 0 aliphatic carbocycles. The topological polar surface area (TPSA) is 91.0 Å². The number of amides is 3. The van der Waals surface area contributed by atoms with Crippen molar-refractivity contribution < 1.29 is 19.1 Å². The van der Waals surface area contributed by atoms with E-state index in [2.05, 4.69) is 10.6 Å². The highest BCUT2D eigenvalue weighted by Crippen LogP contribution is 2.29. The molecule has 27 heavy (non-hydrogen) atoms. The highest BCUT2D eigenvalue weighted by Gasteiger charge is 2.34. The summed E-state index contributed by atoms with van der Waals surface area (Å²) in [5.41, 5.74) is 0.699. The smallest absolute Gasteiger partial charge is 0.327 e. The van der Waals surface area contributed by atoms with E-state index in [-0.39, 0.29) is 11.9 Å². The highest BCUT2D eigenvalue weighted by molar-refractivity contribution is 6.31. The predicted octanol–water partition coefficient (Wildman–Crippen LogP) is 1.02. The quantitative estimate of drug-likeness (QED) is 0.722. The summed E-state index contributed by atoms with van der Waals surface area (Å²) in [5.74, 6) is -0.736. The van der Waals surface area contributed by atoms with Crippen LogP contribution in [0.2, 0.25) is 5.02 Å². The van der Waals surface area contributed by atoms with Gasteiger partial charge < -0.3 is 10.1 Å². The Morgan fingerprint density at radius 3 is 2.26 bits per heavy atom. The van der Waals surface area contributed by atoms with Crippen LogP contribution in [0.1, 0.15) is 18.5 Å². The van der Waals surface area contributed by atoms with Crippen LogP contribution in [0.15, 0.2) is 24.3 Å².